The minimum Gasteiger partial charge on any atom is -0.507 e. The van der Waals surface area contributed by atoms with Crippen LogP contribution in [-0.2, 0) is 11.6 Å². The SMILES string of the molecule is C=C/C(=C\C(=C)/C(=C/C(=C\C)C(C)(C)C)CC)c1cc(C(C)(C)C)cc(CP)c1O. The highest BCUT2D eigenvalue weighted by Gasteiger charge is 2.20. The molecule has 1 rings (SSSR count). The second-order valence-electron chi connectivity index (χ2n) is 9.83. The van der Waals surface area contributed by atoms with Crippen LogP contribution in [0.15, 0.2) is 66.3 Å². The fraction of sp³-hybridized carbons (Fsp3) is 0.429. The first kappa shape index (κ1) is 26.2. The van der Waals surface area contributed by atoms with E-state index in [4.69, 9.17) is 0 Å². The highest BCUT2D eigenvalue weighted by atomic mass is 31.0. The van der Waals surface area contributed by atoms with Crippen molar-refractivity contribution in [2.45, 2.75) is 73.4 Å². The predicted octanol–water partition coefficient (Wildman–Crippen LogP) is 8.52. The molecule has 0 aliphatic carbocycles. The minimum atomic E-state index is -0.0116. The van der Waals surface area contributed by atoms with Crippen molar-refractivity contribution < 1.29 is 5.11 Å². The molecule has 1 N–H and O–H groups in total. The van der Waals surface area contributed by atoms with Crippen LogP contribution in [0.4, 0.5) is 0 Å². The second-order valence-corrected chi connectivity index (χ2v) is 10.2. The molecule has 0 saturated carbocycles. The summed E-state index contributed by atoms with van der Waals surface area (Å²) in [5.41, 5.74) is 7.32. The highest BCUT2D eigenvalue weighted by molar-refractivity contribution is 7.15. The Morgan fingerprint density at radius 1 is 1.10 bits per heavy atom. The molecule has 0 spiro atoms. The van der Waals surface area contributed by atoms with Crippen molar-refractivity contribution in [2.24, 2.45) is 5.41 Å². The molecular weight excluding hydrogens is 383 g/mol. The highest BCUT2D eigenvalue weighted by Crippen LogP contribution is 2.37. The third-order valence-corrected chi connectivity index (χ3v) is 5.88. The van der Waals surface area contributed by atoms with Crippen molar-refractivity contribution in [3.63, 3.8) is 0 Å². The topological polar surface area (TPSA) is 20.2 Å². The molecule has 0 aliphatic rings. The van der Waals surface area contributed by atoms with Gasteiger partial charge in [-0.25, -0.2) is 0 Å². The van der Waals surface area contributed by atoms with Gasteiger partial charge < -0.3 is 5.11 Å². The Hall–Kier alpha value is -1.85. The summed E-state index contributed by atoms with van der Waals surface area (Å²) in [5.74, 6) is 0.322. The summed E-state index contributed by atoms with van der Waals surface area (Å²) in [4.78, 5) is 0. The number of benzene rings is 1. The zero-order chi connectivity index (χ0) is 23.3. The molecule has 1 unspecified atom stereocenters. The fourth-order valence-electron chi connectivity index (χ4n) is 3.37. The lowest BCUT2D eigenvalue weighted by Gasteiger charge is -2.23. The van der Waals surface area contributed by atoms with Gasteiger partial charge in [0.25, 0.3) is 0 Å². The molecule has 0 heterocycles. The van der Waals surface area contributed by atoms with Crippen molar-refractivity contribution in [3.8, 4) is 5.75 Å². The summed E-state index contributed by atoms with van der Waals surface area (Å²) in [6, 6.07) is 4.18. The molecule has 1 aromatic rings. The lowest BCUT2D eigenvalue weighted by Crippen LogP contribution is -2.12. The predicted molar refractivity (Wildman–Crippen MR) is 139 cm³/mol. The van der Waals surface area contributed by atoms with Gasteiger partial charge in [0.05, 0.1) is 0 Å². The second kappa shape index (κ2) is 10.5. The summed E-state index contributed by atoms with van der Waals surface area (Å²) in [7, 11) is 2.71. The van der Waals surface area contributed by atoms with Crippen LogP contribution < -0.4 is 0 Å². The molecule has 30 heavy (non-hydrogen) atoms. The minimum absolute atomic E-state index is 0.0116. The third-order valence-electron chi connectivity index (χ3n) is 5.44. The van der Waals surface area contributed by atoms with Crippen molar-refractivity contribution >= 4 is 14.8 Å². The van der Waals surface area contributed by atoms with E-state index in [2.05, 4.69) is 102 Å². The maximum Gasteiger partial charge on any atom is 0.126 e. The normalized spacial score (nSPS) is 14.1. The van der Waals surface area contributed by atoms with E-state index >= 15 is 0 Å². The van der Waals surface area contributed by atoms with E-state index in [9.17, 15) is 5.11 Å². The Balaban J connectivity index is 3.58. The van der Waals surface area contributed by atoms with Crippen LogP contribution in [0.5, 0.6) is 5.75 Å². The first-order valence-electron chi connectivity index (χ1n) is 10.8. The average molecular weight is 425 g/mol. The maximum atomic E-state index is 10.9. The van der Waals surface area contributed by atoms with E-state index in [0.29, 0.717) is 11.9 Å². The first-order valence-corrected chi connectivity index (χ1v) is 11.6. The zero-order valence-corrected chi connectivity index (χ0v) is 21.5. The number of rotatable bonds is 7. The molecule has 0 aliphatic heterocycles. The third kappa shape index (κ3) is 6.58. The van der Waals surface area contributed by atoms with E-state index in [1.54, 1.807) is 0 Å². The van der Waals surface area contributed by atoms with Gasteiger partial charge in [-0.05, 0) is 75.9 Å². The Kier molecular flexibility index (Phi) is 9.12. The van der Waals surface area contributed by atoms with E-state index in [-0.39, 0.29) is 10.8 Å². The summed E-state index contributed by atoms with van der Waals surface area (Å²) in [6.45, 7) is 25.8. The lowest BCUT2D eigenvalue weighted by atomic mass is 9.83. The molecule has 0 radical (unpaired) electrons. The van der Waals surface area contributed by atoms with Crippen LogP contribution in [0, 0.1) is 5.41 Å². The summed E-state index contributed by atoms with van der Waals surface area (Å²) in [5, 5.41) is 10.9. The number of phenolic OH excluding ortho intramolecular Hbond substituents is 1. The van der Waals surface area contributed by atoms with Crippen LogP contribution in [-0.4, -0.2) is 5.11 Å². The summed E-state index contributed by atoms with van der Waals surface area (Å²) in [6.07, 6.45) is 9.87. The van der Waals surface area contributed by atoms with Crippen LogP contribution >= 0.6 is 9.24 Å². The van der Waals surface area contributed by atoms with E-state index in [1.807, 2.05) is 12.2 Å². The van der Waals surface area contributed by atoms with Crippen LogP contribution in [0.25, 0.3) is 5.57 Å². The molecule has 0 amide bonds. The van der Waals surface area contributed by atoms with Crippen molar-refractivity contribution in [2.75, 3.05) is 0 Å². The molecule has 1 nitrogen and oxygen atoms in total. The number of hydrogen-bond acceptors (Lipinski definition) is 1. The quantitative estimate of drug-likeness (QED) is 0.343. The van der Waals surface area contributed by atoms with Gasteiger partial charge >= 0.3 is 0 Å². The van der Waals surface area contributed by atoms with Gasteiger partial charge in [0.15, 0.2) is 0 Å². The van der Waals surface area contributed by atoms with E-state index < -0.39 is 0 Å². The summed E-state index contributed by atoms with van der Waals surface area (Å²) < 4.78 is 0. The Bertz CT molecular complexity index is 880. The van der Waals surface area contributed by atoms with Gasteiger partial charge in [0.2, 0.25) is 0 Å². The van der Waals surface area contributed by atoms with E-state index in [0.717, 1.165) is 28.7 Å². The van der Waals surface area contributed by atoms with Gasteiger partial charge in [0.1, 0.15) is 5.75 Å². The molecule has 1 aromatic carbocycles. The molecule has 1 atom stereocenters. The van der Waals surface area contributed by atoms with Crippen molar-refractivity contribution in [3.05, 3.63) is 83.0 Å². The standard InChI is InChI=1S/C28H41OP/c1-11-20(15-23(13-3)27(5,6)7)19(4)14-21(12-2)25-17-24(28(8,9)10)16-22(18-30)26(25)29/h12-17,29H,2,4,11,18,30H2,1,3,5-10H3/b20-15+,21-14+,23-13+. The summed E-state index contributed by atoms with van der Waals surface area (Å²) >= 11 is 0. The van der Waals surface area contributed by atoms with Gasteiger partial charge in [-0.1, -0.05) is 85.9 Å². The molecule has 0 saturated heterocycles. The zero-order valence-electron chi connectivity index (χ0n) is 20.3. The molecule has 2 heteroatoms. The largest absolute Gasteiger partial charge is 0.507 e. The maximum absolute atomic E-state index is 10.9. The molecule has 0 fully saturated rings. The fourth-order valence-corrected chi connectivity index (χ4v) is 3.68. The van der Waals surface area contributed by atoms with Gasteiger partial charge in [-0.15, -0.1) is 9.24 Å². The van der Waals surface area contributed by atoms with Crippen LogP contribution in [0.1, 0.15) is 78.5 Å². The molecule has 164 valence electrons. The smallest absolute Gasteiger partial charge is 0.126 e. The van der Waals surface area contributed by atoms with Gasteiger partial charge in [-0.3, -0.25) is 0 Å². The van der Waals surface area contributed by atoms with E-state index in [1.165, 1.54) is 16.7 Å². The Labute approximate surface area is 187 Å². The van der Waals surface area contributed by atoms with Crippen LogP contribution in [0.2, 0.25) is 0 Å². The lowest BCUT2D eigenvalue weighted by molar-refractivity contribution is 0.467. The average Bonchev–Trinajstić information content (AvgIpc) is 2.65. The Morgan fingerprint density at radius 2 is 1.70 bits per heavy atom. The van der Waals surface area contributed by atoms with Gasteiger partial charge in [0, 0.05) is 5.56 Å². The van der Waals surface area contributed by atoms with Crippen LogP contribution in [0.3, 0.4) is 0 Å². The van der Waals surface area contributed by atoms with Crippen molar-refractivity contribution in [1.82, 2.24) is 0 Å². The number of phenols is 1. The van der Waals surface area contributed by atoms with Gasteiger partial charge in [-0.2, -0.15) is 0 Å². The van der Waals surface area contributed by atoms with Crippen molar-refractivity contribution in [1.29, 1.82) is 0 Å². The number of hydrogen-bond donors (Lipinski definition) is 1. The monoisotopic (exact) mass is 424 g/mol. The molecule has 0 bridgehead atoms. The molecule has 0 aromatic heterocycles. The number of aromatic hydroxyl groups is 1. The number of allylic oxidation sites excluding steroid dienone is 8. The molecular formula is C28H41OP. The Morgan fingerprint density at radius 3 is 2.10 bits per heavy atom. The first-order chi connectivity index (χ1) is 13.8.